The summed E-state index contributed by atoms with van der Waals surface area (Å²) in [5, 5.41) is 13.9. The summed E-state index contributed by atoms with van der Waals surface area (Å²) >= 11 is 4.79. The summed E-state index contributed by atoms with van der Waals surface area (Å²) in [5.41, 5.74) is 6.87. The summed E-state index contributed by atoms with van der Waals surface area (Å²) in [5.74, 6) is 0.634. The van der Waals surface area contributed by atoms with Crippen LogP contribution in [-0.2, 0) is 0 Å². The van der Waals surface area contributed by atoms with Crippen LogP contribution in [0.5, 0.6) is 5.75 Å². The van der Waals surface area contributed by atoms with Gasteiger partial charge in [0.05, 0.1) is 18.5 Å². The molecule has 88 valence electrons. The molecule has 0 amide bonds. The predicted octanol–water partition coefficient (Wildman–Crippen LogP) is 0.326. The molecule has 0 aliphatic heterocycles. The van der Waals surface area contributed by atoms with Gasteiger partial charge in [0.1, 0.15) is 12.1 Å². The monoisotopic (exact) mass is 250 g/mol. The van der Waals surface area contributed by atoms with Crippen molar-refractivity contribution in [3.63, 3.8) is 0 Å². The van der Waals surface area contributed by atoms with Crippen molar-refractivity contribution < 1.29 is 4.74 Å². The van der Waals surface area contributed by atoms with Gasteiger partial charge < -0.3 is 15.8 Å². The fraction of sp³-hybridized carbons (Fsp3) is 0.111. The molecule has 7 nitrogen and oxygen atoms in total. The summed E-state index contributed by atoms with van der Waals surface area (Å²) < 4.78 is 6.70. The zero-order chi connectivity index (χ0) is 12.3. The van der Waals surface area contributed by atoms with Crippen LogP contribution < -0.4 is 15.8 Å². The van der Waals surface area contributed by atoms with E-state index < -0.39 is 0 Å². The number of aromatic nitrogens is 4. The predicted molar refractivity (Wildman–Crippen MR) is 66.1 cm³/mol. The Hall–Kier alpha value is -2.22. The molecule has 0 bridgehead atoms. The summed E-state index contributed by atoms with van der Waals surface area (Å²) in [6, 6.07) is 5.38. The maximum atomic E-state index is 5.43. The van der Waals surface area contributed by atoms with E-state index in [1.54, 1.807) is 19.2 Å². The third kappa shape index (κ3) is 2.48. The van der Waals surface area contributed by atoms with Gasteiger partial charge in [-0.3, -0.25) is 0 Å². The van der Waals surface area contributed by atoms with E-state index in [-0.39, 0.29) is 5.11 Å². The number of nitrogens with two attached hydrogens (primary N) is 1. The molecule has 1 aromatic carbocycles. The molecule has 3 N–H and O–H groups in total. The Kier molecular flexibility index (Phi) is 3.15. The lowest BCUT2D eigenvalue weighted by molar-refractivity contribution is 0.417. The first-order valence-electron chi connectivity index (χ1n) is 4.68. The molecule has 2 aromatic rings. The van der Waals surface area contributed by atoms with Crippen LogP contribution in [-0.4, -0.2) is 32.4 Å². The molecule has 0 aliphatic carbocycles. The van der Waals surface area contributed by atoms with Gasteiger partial charge in [-0.25, -0.2) is 4.68 Å². The van der Waals surface area contributed by atoms with Crippen molar-refractivity contribution in [3.05, 3.63) is 24.5 Å². The van der Waals surface area contributed by atoms with Gasteiger partial charge >= 0.3 is 0 Å². The Morgan fingerprint density at radius 1 is 1.53 bits per heavy atom. The van der Waals surface area contributed by atoms with E-state index >= 15 is 0 Å². The van der Waals surface area contributed by atoms with Gasteiger partial charge in [-0.2, -0.15) is 0 Å². The second kappa shape index (κ2) is 4.74. The van der Waals surface area contributed by atoms with Crippen molar-refractivity contribution in [1.82, 2.24) is 20.2 Å². The lowest BCUT2D eigenvalue weighted by Gasteiger charge is -2.11. The standard InChI is InChI=1S/C9H10N6OS/c1-16-8-3-2-6(15-5-11-13-14-15)4-7(8)12-9(10)17/h2-5H,1H3,(H3,10,12,17). The Bertz CT molecular complexity index is 526. The molecule has 0 unspecified atom stereocenters. The van der Waals surface area contributed by atoms with E-state index in [1.807, 2.05) is 6.07 Å². The average Bonchev–Trinajstić information content (AvgIpc) is 2.81. The van der Waals surface area contributed by atoms with Gasteiger partial charge in [-0.1, -0.05) is 0 Å². The highest BCUT2D eigenvalue weighted by molar-refractivity contribution is 7.80. The van der Waals surface area contributed by atoms with Crippen LogP contribution in [0.2, 0.25) is 0 Å². The smallest absolute Gasteiger partial charge is 0.168 e. The molecule has 0 fully saturated rings. The van der Waals surface area contributed by atoms with Crippen molar-refractivity contribution in [2.75, 3.05) is 12.4 Å². The number of anilines is 1. The van der Waals surface area contributed by atoms with E-state index in [9.17, 15) is 0 Å². The molecule has 17 heavy (non-hydrogen) atoms. The Labute approximate surface area is 103 Å². The largest absolute Gasteiger partial charge is 0.495 e. The zero-order valence-corrected chi connectivity index (χ0v) is 9.81. The van der Waals surface area contributed by atoms with Crippen LogP contribution in [0.1, 0.15) is 0 Å². The molecule has 0 saturated carbocycles. The molecular weight excluding hydrogens is 240 g/mol. The Morgan fingerprint density at radius 2 is 2.35 bits per heavy atom. The summed E-state index contributed by atoms with van der Waals surface area (Å²) in [7, 11) is 1.57. The molecular formula is C9H10N6OS. The third-order valence-electron chi connectivity index (χ3n) is 2.05. The topological polar surface area (TPSA) is 90.9 Å². The van der Waals surface area contributed by atoms with Crippen LogP contribution in [0.4, 0.5) is 5.69 Å². The molecule has 0 aliphatic rings. The van der Waals surface area contributed by atoms with E-state index in [0.29, 0.717) is 11.4 Å². The highest BCUT2D eigenvalue weighted by Gasteiger charge is 2.06. The molecule has 0 radical (unpaired) electrons. The van der Waals surface area contributed by atoms with Crippen LogP contribution in [0.15, 0.2) is 24.5 Å². The minimum Gasteiger partial charge on any atom is -0.495 e. The van der Waals surface area contributed by atoms with Crippen molar-refractivity contribution in [1.29, 1.82) is 0 Å². The third-order valence-corrected chi connectivity index (χ3v) is 2.16. The van der Waals surface area contributed by atoms with E-state index in [1.165, 1.54) is 11.0 Å². The first kappa shape index (κ1) is 11.3. The van der Waals surface area contributed by atoms with E-state index in [0.717, 1.165) is 5.69 Å². The fourth-order valence-electron chi connectivity index (χ4n) is 1.35. The zero-order valence-electron chi connectivity index (χ0n) is 8.99. The van der Waals surface area contributed by atoms with Crippen molar-refractivity contribution in [2.24, 2.45) is 5.73 Å². The number of benzene rings is 1. The maximum absolute atomic E-state index is 5.43. The summed E-state index contributed by atoms with van der Waals surface area (Å²) in [4.78, 5) is 0. The van der Waals surface area contributed by atoms with Crippen LogP contribution >= 0.6 is 12.2 Å². The second-order valence-electron chi connectivity index (χ2n) is 3.13. The lowest BCUT2D eigenvalue weighted by atomic mass is 10.2. The highest BCUT2D eigenvalue weighted by Crippen LogP contribution is 2.26. The molecule has 1 heterocycles. The SMILES string of the molecule is COc1ccc(-n2cnnn2)cc1NC(N)=S. The van der Waals surface area contributed by atoms with Gasteiger partial charge in [0.25, 0.3) is 0 Å². The Balaban J connectivity index is 2.41. The summed E-state index contributed by atoms with van der Waals surface area (Å²) in [6.07, 6.45) is 1.49. The number of tetrazole rings is 1. The molecule has 8 heteroatoms. The molecule has 2 rings (SSSR count). The number of ether oxygens (including phenoxy) is 1. The van der Waals surface area contributed by atoms with Crippen LogP contribution in [0.25, 0.3) is 5.69 Å². The number of methoxy groups -OCH3 is 1. The van der Waals surface area contributed by atoms with Gasteiger partial charge in [0, 0.05) is 0 Å². The van der Waals surface area contributed by atoms with Gasteiger partial charge in [0.15, 0.2) is 5.11 Å². The minimum atomic E-state index is 0.164. The summed E-state index contributed by atoms with van der Waals surface area (Å²) in [6.45, 7) is 0. The highest BCUT2D eigenvalue weighted by atomic mass is 32.1. The second-order valence-corrected chi connectivity index (χ2v) is 3.57. The number of thiocarbonyl (C=S) groups is 1. The quantitative estimate of drug-likeness (QED) is 0.758. The van der Waals surface area contributed by atoms with Crippen molar-refractivity contribution in [3.8, 4) is 11.4 Å². The normalized spacial score (nSPS) is 9.94. The first-order valence-corrected chi connectivity index (χ1v) is 5.09. The lowest BCUT2D eigenvalue weighted by Crippen LogP contribution is -2.19. The van der Waals surface area contributed by atoms with E-state index in [2.05, 4.69) is 20.8 Å². The van der Waals surface area contributed by atoms with Crippen LogP contribution in [0.3, 0.4) is 0 Å². The average molecular weight is 250 g/mol. The molecule has 0 spiro atoms. The number of nitrogens with one attached hydrogen (secondary N) is 1. The van der Waals surface area contributed by atoms with Gasteiger partial charge in [-0.05, 0) is 40.8 Å². The number of hydrogen-bond acceptors (Lipinski definition) is 5. The van der Waals surface area contributed by atoms with Gasteiger partial charge in [0.2, 0.25) is 0 Å². The fourth-order valence-corrected chi connectivity index (χ4v) is 1.46. The van der Waals surface area contributed by atoms with Crippen molar-refractivity contribution >= 4 is 23.0 Å². The number of rotatable bonds is 3. The van der Waals surface area contributed by atoms with Crippen LogP contribution in [0, 0.1) is 0 Å². The van der Waals surface area contributed by atoms with Crippen molar-refractivity contribution in [2.45, 2.75) is 0 Å². The molecule has 0 saturated heterocycles. The van der Waals surface area contributed by atoms with Gasteiger partial charge in [-0.15, -0.1) is 5.10 Å². The first-order chi connectivity index (χ1) is 8.20. The maximum Gasteiger partial charge on any atom is 0.168 e. The number of nitrogens with zero attached hydrogens (tertiary/aromatic N) is 4. The minimum absolute atomic E-state index is 0.164. The Morgan fingerprint density at radius 3 is 2.94 bits per heavy atom. The molecule has 1 aromatic heterocycles. The molecule has 0 atom stereocenters. The number of hydrogen-bond donors (Lipinski definition) is 2. The van der Waals surface area contributed by atoms with E-state index in [4.69, 9.17) is 22.7 Å².